The van der Waals surface area contributed by atoms with Gasteiger partial charge in [0.05, 0.1) is 22.3 Å². The minimum absolute atomic E-state index is 0. The fraction of sp³-hybridized carbons (Fsp3) is 0.105. The van der Waals surface area contributed by atoms with Gasteiger partial charge in [-0.05, 0) is 95.1 Å². The van der Waals surface area contributed by atoms with Gasteiger partial charge < -0.3 is 0 Å². The molecule has 0 heterocycles. The van der Waals surface area contributed by atoms with Crippen molar-refractivity contribution in [3.8, 4) is 0 Å². The van der Waals surface area contributed by atoms with Gasteiger partial charge >= 0.3 is 24.7 Å². The second kappa shape index (κ2) is 18.7. The summed E-state index contributed by atoms with van der Waals surface area (Å²) in [5, 5.41) is 0. The molecule has 15 heteroatoms. The third kappa shape index (κ3) is 15.3. The normalized spacial score (nSPS) is 12.6. The quantitative estimate of drug-likeness (QED) is 0.101. The molecule has 0 radical (unpaired) electrons. The average Bonchev–Trinajstić information content (AvgIpc) is 3.07. The van der Waals surface area contributed by atoms with Crippen LogP contribution in [0, 0.1) is 0 Å². The summed E-state index contributed by atoms with van der Waals surface area (Å²) in [5.41, 5.74) is -1.51. The molecule has 0 aliphatic carbocycles. The Labute approximate surface area is 308 Å². The zero-order valence-corrected chi connectivity index (χ0v) is 28.1. The molecule has 0 aromatic heterocycles. The third-order valence-electron chi connectivity index (χ3n) is 6.71. The second-order valence-corrected chi connectivity index (χ2v) is 10.6. The van der Waals surface area contributed by atoms with Gasteiger partial charge in [0, 0.05) is 20.4 Å². The van der Waals surface area contributed by atoms with Crippen LogP contribution in [0.2, 0.25) is 0 Å². The van der Waals surface area contributed by atoms with Crippen molar-refractivity contribution >= 4 is 35.9 Å². The molecule has 53 heavy (non-hydrogen) atoms. The first kappa shape index (κ1) is 44.2. The van der Waals surface area contributed by atoms with Crippen molar-refractivity contribution in [2.24, 2.45) is 0 Å². The van der Waals surface area contributed by atoms with Crippen LogP contribution in [-0.4, -0.2) is 11.6 Å². The van der Waals surface area contributed by atoms with Crippen molar-refractivity contribution in [2.45, 2.75) is 24.7 Å². The Balaban J connectivity index is 0.000000360. The van der Waals surface area contributed by atoms with Gasteiger partial charge in [0.15, 0.2) is 11.6 Å². The number of halogens is 12. The Morgan fingerprint density at radius 2 is 0.472 bits per heavy atom. The molecule has 0 saturated heterocycles. The molecule has 282 valence electrons. The molecule has 0 aliphatic rings. The summed E-state index contributed by atoms with van der Waals surface area (Å²) in [4.78, 5) is 23.4. The van der Waals surface area contributed by atoms with E-state index in [4.69, 9.17) is 0 Å². The van der Waals surface area contributed by atoms with Gasteiger partial charge in [-0.1, -0.05) is 72.8 Å². The van der Waals surface area contributed by atoms with Crippen LogP contribution < -0.4 is 0 Å². The Bertz CT molecular complexity index is 1630. The number of benzene rings is 4. The third-order valence-corrected chi connectivity index (χ3v) is 6.71. The van der Waals surface area contributed by atoms with Crippen LogP contribution in [0.5, 0.6) is 0 Å². The van der Waals surface area contributed by atoms with Crippen LogP contribution in [0.15, 0.2) is 121 Å². The van der Waals surface area contributed by atoms with E-state index in [9.17, 15) is 62.3 Å². The molecule has 0 atom stereocenters. The molecule has 0 spiro atoms. The molecule has 0 unspecified atom stereocenters. The number of carbonyl (C=O) groups excluding carboxylic acids is 2. The minimum atomic E-state index is -4.43. The van der Waals surface area contributed by atoms with Gasteiger partial charge in [0.25, 0.3) is 0 Å². The number of rotatable bonds is 8. The number of carbonyl (C=O) groups is 2. The molecule has 0 saturated carbocycles. The van der Waals surface area contributed by atoms with E-state index < -0.39 is 58.5 Å². The summed E-state index contributed by atoms with van der Waals surface area (Å²) in [6.45, 7) is 0. The van der Waals surface area contributed by atoms with Crippen molar-refractivity contribution in [1.82, 2.24) is 0 Å². The van der Waals surface area contributed by atoms with Gasteiger partial charge in [-0.15, -0.1) is 0 Å². The summed E-state index contributed by atoms with van der Waals surface area (Å²) in [6, 6.07) is 17.1. The molecule has 0 N–H and O–H groups in total. The Kier molecular flexibility index (Phi) is 15.6. The molecule has 0 fully saturated rings. The number of ketones is 2. The SMILES string of the molecule is O=C(C=Cc1ccc(C(F)(F)F)cc1)C=Cc1ccc(C(F)(F)F)cc1.O=C(C=Cc1ccc(C(F)(F)F)cc1)C=Cc1ccc(C(F)(F)F)cc1.[Pd]. The Morgan fingerprint density at radius 1 is 0.321 bits per heavy atom. The van der Waals surface area contributed by atoms with Crippen LogP contribution in [0.1, 0.15) is 44.5 Å². The van der Waals surface area contributed by atoms with Gasteiger partial charge in [-0.2, -0.15) is 52.7 Å². The van der Waals surface area contributed by atoms with Crippen molar-refractivity contribution in [2.75, 3.05) is 0 Å². The van der Waals surface area contributed by atoms with E-state index in [1.807, 2.05) is 0 Å². The molecule has 2 nitrogen and oxygen atoms in total. The minimum Gasteiger partial charge on any atom is -0.290 e. The van der Waals surface area contributed by atoms with Gasteiger partial charge in [0.1, 0.15) is 0 Å². The Hall–Kier alpha value is -5.00. The van der Waals surface area contributed by atoms with E-state index in [1.165, 1.54) is 72.8 Å². The zero-order valence-electron chi connectivity index (χ0n) is 26.5. The number of allylic oxidation sites excluding steroid dienone is 4. The second-order valence-electron chi connectivity index (χ2n) is 10.6. The monoisotopic (exact) mass is 846 g/mol. The van der Waals surface area contributed by atoms with Crippen LogP contribution >= 0.6 is 0 Å². The summed E-state index contributed by atoms with van der Waals surface area (Å²) >= 11 is 0. The van der Waals surface area contributed by atoms with Crippen LogP contribution in [0.4, 0.5) is 52.7 Å². The van der Waals surface area contributed by atoms with Crippen molar-refractivity contribution in [3.05, 3.63) is 166 Å². The van der Waals surface area contributed by atoms with Gasteiger partial charge in [-0.3, -0.25) is 9.59 Å². The first-order chi connectivity index (χ1) is 24.1. The van der Waals surface area contributed by atoms with E-state index >= 15 is 0 Å². The molecule has 0 aliphatic heterocycles. The van der Waals surface area contributed by atoms with Crippen LogP contribution in [0.3, 0.4) is 0 Å². The Morgan fingerprint density at radius 3 is 0.604 bits per heavy atom. The van der Waals surface area contributed by atoms with Crippen molar-refractivity contribution < 1.29 is 82.7 Å². The van der Waals surface area contributed by atoms with Gasteiger partial charge in [-0.25, -0.2) is 0 Å². The van der Waals surface area contributed by atoms with Gasteiger partial charge in [0.2, 0.25) is 0 Å². The molecular weight excluding hydrogens is 823 g/mol. The molecule has 0 amide bonds. The standard InChI is InChI=1S/2C19H12F6O.Pd/c2*20-18(21,22)15-7-1-13(2-8-15)5-11-17(26)12-6-14-3-9-16(10-4-14)19(23,24)25;/h2*1-12H;. The largest absolute Gasteiger partial charge is 0.416 e. The van der Waals surface area contributed by atoms with E-state index in [2.05, 4.69) is 0 Å². The summed E-state index contributed by atoms with van der Waals surface area (Å²) in [6.07, 6.45) is -7.70. The maximum absolute atomic E-state index is 12.4. The predicted molar refractivity (Wildman–Crippen MR) is 172 cm³/mol. The van der Waals surface area contributed by atoms with E-state index in [0.29, 0.717) is 22.3 Å². The van der Waals surface area contributed by atoms with Crippen molar-refractivity contribution in [1.29, 1.82) is 0 Å². The molecule has 0 bridgehead atoms. The summed E-state index contributed by atoms with van der Waals surface area (Å²) in [5.74, 6) is -0.908. The number of alkyl halides is 12. The molecule has 4 aromatic rings. The first-order valence-electron chi connectivity index (χ1n) is 14.6. The predicted octanol–water partition coefficient (Wildman–Crippen LogP) is 12.0. The topological polar surface area (TPSA) is 34.1 Å². The molecular formula is C38H24F12O2Pd. The fourth-order valence-corrected chi connectivity index (χ4v) is 3.96. The van der Waals surface area contributed by atoms with E-state index in [-0.39, 0.29) is 20.4 Å². The maximum atomic E-state index is 12.4. The summed E-state index contributed by atoms with van der Waals surface area (Å²) < 4.78 is 149. The maximum Gasteiger partial charge on any atom is 0.416 e. The molecule has 4 rings (SSSR count). The smallest absolute Gasteiger partial charge is 0.290 e. The van der Waals surface area contributed by atoms with E-state index in [1.54, 1.807) is 0 Å². The molecule has 4 aromatic carbocycles. The fourth-order valence-electron chi connectivity index (χ4n) is 3.96. The van der Waals surface area contributed by atoms with Crippen LogP contribution in [0.25, 0.3) is 24.3 Å². The number of hydrogen-bond acceptors (Lipinski definition) is 2. The number of hydrogen-bond donors (Lipinski definition) is 0. The summed E-state index contributed by atoms with van der Waals surface area (Å²) in [7, 11) is 0. The first-order valence-corrected chi connectivity index (χ1v) is 14.6. The van der Waals surface area contributed by atoms with Crippen molar-refractivity contribution in [3.63, 3.8) is 0 Å². The zero-order chi connectivity index (χ0) is 38.7. The average molecular weight is 847 g/mol. The van der Waals surface area contributed by atoms with E-state index in [0.717, 1.165) is 72.8 Å². The van der Waals surface area contributed by atoms with Crippen LogP contribution in [-0.2, 0) is 54.7 Å².